The summed E-state index contributed by atoms with van der Waals surface area (Å²) in [4.78, 5) is 18.3. The minimum absolute atomic E-state index is 0.0938. The molecule has 0 saturated carbocycles. The van der Waals surface area contributed by atoms with Gasteiger partial charge in [0, 0.05) is 19.3 Å². The topological polar surface area (TPSA) is 45.2 Å². The van der Waals surface area contributed by atoms with E-state index < -0.39 is 0 Å². The lowest BCUT2D eigenvalue weighted by molar-refractivity contribution is -0.133. The number of hydrogen-bond donors (Lipinski definition) is 1. The highest BCUT2D eigenvalue weighted by molar-refractivity contribution is 5.81. The normalized spacial score (nSPS) is 25.8. The number of rotatable bonds is 2. The number of amides is 1. The summed E-state index contributed by atoms with van der Waals surface area (Å²) in [5, 5.41) is 3.25. The van der Waals surface area contributed by atoms with Gasteiger partial charge in [-0.05, 0) is 25.0 Å². The molecule has 1 saturated heterocycles. The number of carbonyl (C=O) groups is 1. The summed E-state index contributed by atoms with van der Waals surface area (Å²) in [6.45, 7) is 6.38. The highest BCUT2D eigenvalue weighted by atomic mass is 16.2. The van der Waals surface area contributed by atoms with E-state index >= 15 is 0 Å². The highest BCUT2D eigenvalue weighted by Crippen LogP contribution is 2.10. The van der Waals surface area contributed by atoms with Crippen LogP contribution in [-0.2, 0) is 11.3 Å². The summed E-state index contributed by atoms with van der Waals surface area (Å²) < 4.78 is 0. The minimum Gasteiger partial charge on any atom is -0.335 e. The summed E-state index contributed by atoms with van der Waals surface area (Å²) in [7, 11) is 0. The second-order valence-corrected chi connectivity index (χ2v) is 4.77. The van der Waals surface area contributed by atoms with Crippen molar-refractivity contribution in [2.45, 2.75) is 26.4 Å². The van der Waals surface area contributed by atoms with E-state index in [-0.39, 0.29) is 11.9 Å². The molecule has 1 aliphatic rings. The first-order valence-electron chi connectivity index (χ1n) is 6.09. The van der Waals surface area contributed by atoms with Gasteiger partial charge in [-0.25, -0.2) is 0 Å². The molecule has 17 heavy (non-hydrogen) atoms. The molecule has 92 valence electrons. The Kier molecular flexibility index (Phi) is 3.74. The Labute approximate surface area is 102 Å². The predicted molar refractivity (Wildman–Crippen MR) is 66.3 cm³/mol. The Balaban J connectivity index is 2.09. The molecule has 0 bridgehead atoms. The average Bonchev–Trinajstić information content (AvgIpc) is 2.45. The fourth-order valence-electron chi connectivity index (χ4n) is 2.10. The van der Waals surface area contributed by atoms with Gasteiger partial charge in [0.05, 0.1) is 18.3 Å². The van der Waals surface area contributed by atoms with E-state index in [4.69, 9.17) is 0 Å². The maximum absolute atomic E-state index is 12.1. The quantitative estimate of drug-likeness (QED) is 0.830. The van der Waals surface area contributed by atoms with Crippen LogP contribution in [0.1, 0.15) is 19.5 Å². The van der Waals surface area contributed by atoms with Crippen LogP contribution in [0.25, 0.3) is 0 Å². The van der Waals surface area contributed by atoms with Crippen LogP contribution < -0.4 is 5.32 Å². The maximum Gasteiger partial charge on any atom is 0.239 e. The van der Waals surface area contributed by atoms with Crippen LogP contribution in [0.2, 0.25) is 0 Å². The smallest absolute Gasteiger partial charge is 0.239 e. The average molecular weight is 233 g/mol. The van der Waals surface area contributed by atoms with Gasteiger partial charge in [-0.3, -0.25) is 9.78 Å². The van der Waals surface area contributed by atoms with Crippen LogP contribution in [0.3, 0.4) is 0 Å². The van der Waals surface area contributed by atoms with Crippen LogP contribution in [0.4, 0.5) is 0 Å². The zero-order valence-corrected chi connectivity index (χ0v) is 10.4. The largest absolute Gasteiger partial charge is 0.335 e. The molecule has 1 amide bonds. The second kappa shape index (κ2) is 5.27. The molecule has 1 fully saturated rings. The van der Waals surface area contributed by atoms with E-state index in [0.717, 1.165) is 18.8 Å². The third-order valence-corrected chi connectivity index (χ3v) is 3.07. The van der Waals surface area contributed by atoms with Gasteiger partial charge in [-0.1, -0.05) is 13.0 Å². The molecule has 0 spiro atoms. The molecule has 0 aliphatic carbocycles. The lowest BCUT2D eigenvalue weighted by atomic mass is 10.1. The number of aromatic nitrogens is 1. The Morgan fingerprint density at radius 2 is 2.29 bits per heavy atom. The van der Waals surface area contributed by atoms with Crippen molar-refractivity contribution < 1.29 is 4.79 Å². The Hall–Kier alpha value is -1.42. The SMILES string of the molecule is CC1CNC(C)C(=O)N(Cc2ccccn2)C1. The van der Waals surface area contributed by atoms with Gasteiger partial charge in [0.2, 0.25) is 5.91 Å². The third kappa shape index (κ3) is 3.03. The van der Waals surface area contributed by atoms with Crippen LogP contribution in [0.15, 0.2) is 24.4 Å². The van der Waals surface area contributed by atoms with Crippen molar-refractivity contribution in [3.8, 4) is 0 Å². The van der Waals surface area contributed by atoms with Gasteiger partial charge in [0.25, 0.3) is 0 Å². The molecule has 0 radical (unpaired) electrons. The van der Waals surface area contributed by atoms with E-state index in [1.807, 2.05) is 30.0 Å². The number of hydrogen-bond acceptors (Lipinski definition) is 3. The molecule has 2 unspecified atom stereocenters. The Bertz CT molecular complexity index is 380. The standard InChI is InChI=1S/C13H19N3O/c1-10-7-15-11(2)13(17)16(8-10)9-12-5-3-4-6-14-12/h3-6,10-11,15H,7-9H2,1-2H3. The predicted octanol–water partition coefficient (Wildman–Crippen LogP) is 1.04. The van der Waals surface area contributed by atoms with Crippen molar-refractivity contribution in [3.05, 3.63) is 30.1 Å². The molecule has 4 nitrogen and oxygen atoms in total. The summed E-state index contributed by atoms with van der Waals surface area (Å²) in [5.41, 5.74) is 0.946. The molecule has 1 aromatic heterocycles. The molecule has 1 aromatic rings. The number of nitrogens with zero attached hydrogens (tertiary/aromatic N) is 2. The van der Waals surface area contributed by atoms with E-state index in [2.05, 4.69) is 17.2 Å². The summed E-state index contributed by atoms with van der Waals surface area (Å²) in [6.07, 6.45) is 1.77. The molecule has 1 aliphatic heterocycles. The summed E-state index contributed by atoms with van der Waals surface area (Å²) >= 11 is 0. The number of nitrogens with one attached hydrogen (secondary N) is 1. The van der Waals surface area contributed by atoms with Crippen LogP contribution in [0, 0.1) is 5.92 Å². The lowest BCUT2D eigenvalue weighted by Gasteiger charge is -2.23. The second-order valence-electron chi connectivity index (χ2n) is 4.77. The zero-order chi connectivity index (χ0) is 12.3. The van der Waals surface area contributed by atoms with Crippen molar-refractivity contribution in [1.29, 1.82) is 0 Å². The lowest BCUT2D eigenvalue weighted by Crippen LogP contribution is -2.41. The number of pyridine rings is 1. The molecular weight excluding hydrogens is 214 g/mol. The van der Waals surface area contributed by atoms with Crippen LogP contribution in [-0.4, -0.2) is 34.9 Å². The summed E-state index contributed by atoms with van der Waals surface area (Å²) in [5.74, 6) is 0.646. The van der Waals surface area contributed by atoms with Gasteiger partial charge in [-0.2, -0.15) is 0 Å². The molecule has 2 heterocycles. The first kappa shape index (κ1) is 12.0. The highest BCUT2D eigenvalue weighted by Gasteiger charge is 2.26. The zero-order valence-electron chi connectivity index (χ0n) is 10.4. The molecule has 1 N–H and O–H groups in total. The van der Waals surface area contributed by atoms with Gasteiger partial charge in [0.15, 0.2) is 0 Å². The van der Waals surface area contributed by atoms with Gasteiger partial charge < -0.3 is 10.2 Å². The molecular formula is C13H19N3O. The first-order chi connectivity index (χ1) is 8.16. The van der Waals surface area contributed by atoms with E-state index in [1.165, 1.54) is 0 Å². The Morgan fingerprint density at radius 3 is 3.00 bits per heavy atom. The number of carbonyl (C=O) groups excluding carboxylic acids is 1. The van der Waals surface area contributed by atoms with E-state index in [9.17, 15) is 4.79 Å². The Morgan fingerprint density at radius 1 is 1.47 bits per heavy atom. The van der Waals surface area contributed by atoms with Gasteiger partial charge in [0.1, 0.15) is 0 Å². The van der Waals surface area contributed by atoms with Crippen molar-refractivity contribution >= 4 is 5.91 Å². The van der Waals surface area contributed by atoms with E-state index in [1.54, 1.807) is 6.20 Å². The molecule has 2 atom stereocenters. The first-order valence-corrected chi connectivity index (χ1v) is 6.09. The minimum atomic E-state index is -0.0938. The van der Waals surface area contributed by atoms with Gasteiger partial charge >= 0.3 is 0 Å². The fourth-order valence-corrected chi connectivity index (χ4v) is 2.10. The molecule has 0 aromatic carbocycles. The van der Waals surface area contributed by atoms with Crippen molar-refractivity contribution in [1.82, 2.24) is 15.2 Å². The molecule has 4 heteroatoms. The van der Waals surface area contributed by atoms with Crippen molar-refractivity contribution in [2.24, 2.45) is 5.92 Å². The summed E-state index contributed by atoms with van der Waals surface area (Å²) in [6, 6.07) is 5.71. The molecule has 2 rings (SSSR count). The monoisotopic (exact) mass is 233 g/mol. The van der Waals surface area contributed by atoms with Gasteiger partial charge in [-0.15, -0.1) is 0 Å². The fraction of sp³-hybridized carbons (Fsp3) is 0.538. The van der Waals surface area contributed by atoms with Crippen LogP contribution in [0.5, 0.6) is 0 Å². The van der Waals surface area contributed by atoms with Crippen molar-refractivity contribution in [2.75, 3.05) is 13.1 Å². The van der Waals surface area contributed by atoms with Crippen LogP contribution >= 0.6 is 0 Å². The third-order valence-electron chi connectivity index (χ3n) is 3.07. The van der Waals surface area contributed by atoms with Crippen molar-refractivity contribution in [3.63, 3.8) is 0 Å². The van der Waals surface area contributed by atoms with E-state index in [0.29, 0.717) is 12.5 Å². The maximum atomic E-state index is 12.1.